The number of ether oxygens (including phenoxy) is 3. The number of benzene rings is 1. The molecule has 4 heteroatoms. The van der Waals surface area contributed by atoms with Gasteiger partial charge in [-0.1, -0.05) is 6.07 Å². The number of rotatable bonds is 6. The van der Waals surface area contributed by atoms with E-state index in [0.717, 1.165) is 23.6 Å². The summed E-state index contributed by atoms with van der Waals surface area (Å²) in [5.41, 5.74) is 1.08. The molecule has 0 radical (unpaired) electrons. The minimum atomic E-state index is 0.0322. The molecule has 1 rings (SSSR count). The van der Waals surface area contributed by atoms with Crippen LogP contribution >= 0.6 is 0 Å². The Balaban J connectivity index is 2.96. The molecule has 17 heavy (non-hydrogen) atoms. The van der Waals surface area contributed by atoms with Gasteiger partial charge < -0.3 is 19.1 Å². The van der Waals surface area contributed by atoms with Gasteiger partial charge in [-0.05, 0) is 31.8 Å². The Morgan fingerprint density at radius 2 is 1.71 bits per heavy atom. The molecule has 4 nitrogen and oxygen atoms in total. The van der Waals surface area contributed by atoms with E-state index >= 15 is 0 Å². The van der Waals surface area contributed by atoms with Crippen molar-refractivity contribution in [2.45, 2.75) is 6.10 Å². The van der Waals surface area contributed by atoms with Crippen LogP contribution in [0.4, 0.5) is 0 Å². The Morgan fingerprint density at radius 1 is 1.06 bits per heavy atom. The van der Waals surface area contributed by atoms with Gasteiger partial charge in [0.25, 0.3) is 0 Å². The predicted octanol–water partition coefficient (Wildman–Crippen LogP) is 1.95. The lowest BCUT2D eigenvalue weighted by Gasteiger charge is -2.21. The molecule has 1 atom stereocenters. The van der Waals surface area contributed by atoms with Crippen LogP contribution in [0.2, 0.25) is 0 Å². The van der Waals surface area contributed by atoms with Gasteiger partial charge in [-0.3, -0.25) is 0 Å². The lowest BCUT2D eigenvalue weighted by Crippen LogP contribution is -2.21. The summed E-state index contributed by atoms with van der Waals surface area (Å²) in [7, 11) is 9.02. The fraction of sp³-hybridized carbons (Fsp3) is 0.538. The third-order valence-corrected chi connectivity index (χ3v) is 2.59. The molecular formula is C13H21NO3. The van der Waals surface area contributed by atoms with Gasteiger partial charge in [0.2, 0.25) is 0 Å². The van der Waals surface area contributed by atoms with E-state index in [-0.39, 0.29) is 6.10 Å². The standard InChI is InChI=1S/C13H21NO3/c1-14(2)9-13(17-5)10-6-7-11(15-3)12(8-10)16-4/h6-8,13H,9H2,1-5H3. The lowest BCUT2D eigenvalue weighted by molar-refractivity contribution is 0.0782. The van der Waals surface area contributed by atoms with E-state index in [1.54, 1.807) is 21.3 Å². The van der Waals surface area contributed by atoms with Crippen molar-refractivity contribution in [3.63, 3.8) is 0 Å². The molecule has 1 unspecified atom stereocenters. The Labute approximate surface area is 103 Å². The summed E-state index contributed by atoms with van der Waals surface area (Å²) in [4.78, 5) is 2.09. The molecule has 0 aliphatic heterocycles. The average molecular weight is 239 g/mol. The normalized spacial score (nSPS) is 12.6. The molecule has 0 saturated heterocycles. The number of hydrogen-bond acceptors (Lipinski definition) is 4. The molecule has 96 valence electrons. The maximum Gasteiger partial charge on any atom is 0.161 e. The van der Waals surface area contributed by atoms with Crippen LogP contribution < -0.4 is 9.47 Å². The van der Waals surface area contributed by atoms with Gasteiger partial charge in [0.15, 0.2) is 11.5 Å². The van der Waals surface area contributed by atoms with Crippen molar-refractivity contribution in [1.29, 1.82) is 0 Å². The highest BCUT2D eigenvalue weighted by Crippen LogP contribution is 2.30. The van der Waals surface area contributed by atoms with Gasteiger partial charge >= 0.3 is 0 Å². The molecule has 1 aromatic rings. The van der Waals surface area contributed by atoms with E-state index in [4.69, 9.17) is 14.2 Å². The molecule has 0 saturated carbocycles. The summed E-state index contributed by atoms with van der Waals surface area (Å²) in [6, 6.07) is 5.85. The van der Waals surface area contributed by atoms with Crippen LogP contribution in [0.5, 0.6) is 11.5 Å². The monoisotopic (exact) mass is 239 g/mol. The SMILES string of the molecule is COc1ccc(C(CN(C)C)OC)cc1OC. The Bertz CT molecular complexity index is 353. The molecule has 0 aromatic heterocycles. The number of nitrogens with zero attached hydrogens (tertiary/aromatic N) is 1. The maximum atomic E-state index is 5.48. The van der Waals surface area contributed by atoms with E-state index in [9.17, 15) is 0 Å². The summed E-state index contributed by atoms with van der Waals surface area (Å²) in [5, 5.41) is 0. The molecule has 0 heterocycles. The minimum absolute atomic E-state index is 0.0322. The Hall–Kier alpha value is -1.26. The van der Waals surface area contributed by atoms with Gasteiger partial charge in [-0.15, -0.1) is 0 Å². The van der Waals surface area contributed by atoms with Gasteiger partial charge in [0.1, 0.15) is 0 Å². The van der Waals surface area contributed by atoms with Crippen molar-refractivity contribution >= 4 is 0 Å². The maximum absolute atomic E-state index is 5.48. The summed E-state index contributed by atoms with van der Waals surface area (Å²) < 4.78 is 16.0. The topological polar surface area (TPSA) is 30.9 Å². The fourth-order valence-corrected chi connectivity index (χ4v) is 1.70. The first-order valence-corrected chi connectivity index (χ1v) is 5.51. The zero-order valence-electron chi connectivity index (χ0n) is 11.2. The molecule has 1 aromatic carbocycles. The molecular weight excluding hydrogens is 218 g/mol. The molecule has 0 aliphatic rings. The smallest absolute Gasteiger partial charge is 0.161 e. The van der Waals surface area contributed by atoms with E-state index < -0.39 is 0 Å². The van der Waals surface area contributed by atoms with Gasteiger partial charge in [0, 0.05) is 13.7 Å². The van der Waals surface area contributed by atoms with E-state index in [0.29, 0.717) is 0 Å². The van der Waals surface area contributed by atoms with E-state index in [1.807, 2.05) is 32.3 Å². The predicted molar refractivity (Wildman–Crippen MR) is 67.9 cm³/mol. The largest absolute Gasteiger partial charge is 0.493 e. The lowest BCUT2D eigenvalue weighted by atomic mass is 10.1. The molecule has 0 aliphatic carbocycles. The van der Waals surface area contributed by atoms with Crippen LogP contribution in [-0.4, -0.2) is 46.9 Å². The van der Waals surface area contributed by atoms with E-state index in [2.05, 4.69) is 4.90 Å². The fourth-order valence-electron chi connectivity index (χ4n) is 1.70. The van der Waals surface area contributed by atoms with Crippen molar-refractivity contribution in [2.75, 3.05) is 42.0 Å². The molecule has 0 bridgehead atoms. The quantitative estimate of drug-likeness (QED) is 0.759. The Kier molecular flexibility index (Phi) is 5.25. The first-order valence-electron chi connectivity index (χ1n) is 5.51. The van der Waals surface area contributed by atoms with Crippen molar-refractivity contribution in [3.05, 3.63) is 23.8 Å². The van der Waals surface area contributed by atoms with Crippen molar-refractivity contribution in [3.8, 4) is 11.5 Å². The zero-order valence-corrected chi connectivity index (χ0v) is 11.2. The summed E-state index contributed by atoms with van der Waals surface area (Å²) in [5.74, 6) is 1.46. The van der Waals surface area contributed by atoms with Crippen LogP contribution in [0.1, 0.15) is 11.7 Å². The third kappa shape index (κ3) is 3.61. The average Bonchev–Trinajstić information content (AvgIpc) is 2.34. The zero-order chi connectivity index (χ0) is 12.8. The van der Waals surface area contributed by atoms with Crippen LogP contribution in [0.3, 0.4) is 0 Å². The highest BCUT2D eigenvalue weighted by atomic mass is 16.5. The van der Waals surface area contributed by atoms with Crippen LogP contribution in [0.25, 0.3) is 0 Å². The summed E-state index contributed by atoms with van der Waals surface area (Å²) >= 11 is 0. The number of methoxy groups -OCH3 is 3. The van der Waals surface area contributed by atoms with Gasteiger partial charge in [0.05, 0.1) is 20.3 Å². The van der Waals surface area contributed by atoms with Crippen molar-refractivity contribution in [1.82, 2.24) is 4.90 Å². The molecule has 0 amide bonds. The highest BCUT2D eigenvalue weighted by Gasteiger charge is 2.14. The number of likely N-dealkylation sites (N-methyl/N-ethyl adjacent to an activating group) is 1. The molecule has 0 N–H and O–H groups in total. The first-order chi connectivity index (χ1) is 8.12. The number of hydrogen-bond donors (Lipinski definition) is 0. The second-order valence-corrected chi connectivity index (χ2v) is 4.10. The third-order valence-electron chi connectivity index (χ3n) is 2.59. The van der Waals surface area contributed by atoms with Crippen LogP contribution in [-0.2, 0) is 4.74 Å². The summed E-state index contributed by atoms with van der Waals surface area (Å²) in [6.45, 7) is 0.825. The van der Waals surface area contributed by atoms with Crippen molar-refractivity contribution < 1.29 is 14.2 Å². The molecule has 0 fully saturated rings. The van der Waals surface area contributed by atoms with Gasteiger partial charge in [-0.25, -0.2) is 0 Å². The highest BCUT2D eigenvalue weighted by molar-refractivity contribution is 5.43. The van der Waals surface area contributed by atoms with Crippen molar-refractivity contribution in [2.24, 2.45) is 0 Å². The molecule has 0 spiro atoms. The first kappa shape index (κ1) is 13.8. The van der Waals surface area contributed by atoms with Crippen LogP contribution in [0, 0.1) is 0 Å². The summed E-state index contributed by atoms with van der Waals surface area (Å²) in [6.07, 6.45) is 0.0322. The second kappa shape index (κ2) is 6.47. The van der Waals surface area contributed by atoms with Crippen LogP contribution in [0.15, 0.2) is 18.2 Å². The minimum Gasteiger partial charge on any atom is -0.493 e. The second-order valence-electron chi connectivity index (χ2n) is 4.10. The van der Waals surface area contributed by atoms with E-state index in [1.165, 1.54) is 0 Å². The van der Waals surface area contributed by atoms with Gasteiger partial charge in [-0.2, -0.15) is 0 Å². The Morgan fingerprint density at radius 3 is 2.18 bits per heavy atom.